The quantitative estimate of drug-likeness (QED) is 0.746. The van der Waals surface area contributed by atoms with Crippen LogP contribution >= 0.6 is 0 Å². The van der Waals surface area contributed by atoms with Gasteiger partial charge in [0, 0.05) is 18.5 Å². The summed E-state index contributed by atoms with van der Waals surface area (Å²) >= 11 is 0. The third-order valence-corrected chi connectivity index (χ3v) is 5.48. The summed E-state index contributed by atoms with van der Waals surface area (Å²) in [5.41, 5.74) is 3.59. The predicted octanol–water partition coefficient (Wildman–Crippen LogP) is 2.44. The first-order valence-corrected chi connectivity index (χ1v) is 9.18. The van der Waals surface area contributed by atoms with Gasteiger partial charge in [-0.05, 0) is 56.0 Å². The molecule has 7 nitrogen and oxygen atoms in total. The second-order valence-corrected chi connectivity index (χ2v) is 7.27. The molecule has 0 amide bonds. The van der Waals surface area contributed by atoms with E-state index >= 15 is 0 Å². The van der Waals surface area contributed by atoms with Crippen molar-refractivity contribution in [2.75, 3.05) is 13.1 Å². The Balaban J connectivity index is 1.36. The first-order valence-electron chi connectivity index (χ1n) is 9.18. The number of nitrogens with one attached hydrogen (secondary N) is 1. The summed E-state index contributed by atoms with van der Waals surface area (Å²) < 4.78 is 1.82. The SMILES string of the molecule is Oc1cc(-n2ccnc2)ccc1-c1ncc(/C=C2/C[C@H]3CNC[C@H]3C2)nn1. The highest BCUT2D eigenvalue weighted by molar-refractivity contribution is 5.66. The van der Waals surface area contributed by atoms with Gasteiger partial charge in [-0.1, -0.05) is 5.57 Å². The van der Waals surface area contributed by atoms with Gasteiger partial charge in [0.15, 0.2) is 5.82 Å². The normalized spacial score (nSPS) is 23.0. The summed E-state index contributed by atoms with van der Waals surface area (Å²) in [4.78, 5) is 8.42. The standard InChI is InChI=1S/C20H20N6O/c27-19-8-17(26-4-3-21-12-26)1-2-18(19)20-23-11-16(24-25-20)7-13-5-14-9-22-10-15(14)6-13/h1-4,7-8,11-12,14-15,22,27H,5-6,9-10H2/b13-7-/t14-,15+/m0/s1. The van der Waals surface area contributed by atoms with Crippen molar-refractivity contribution in [1.82, 2.24) is 30.0 Å². The van der Waals surface area contributed by atoms with Crippen molar-refractivity contribution in [2.45, 2.75) is 12.8 Å². The van der Waals surface area contributed by atoms with Gasteiger partial charge in [0.25, 0.3) is 0 Å². The molecule has 2 atom stereocenters. The van der Waals surface area contributed by atoms with E-state index in [4.69, 9.17) is 0 Å². The fourth-order valence-corrected chi connectivity index (χ4v) is 4.10. The third kappa shape index (κ3) is 3.10. The van der Waals surface area contributed by atoms with Crippen LogP contribution < -0.4 is 5.32 Å². The largest absolute Gasteiger partial charge is 0.507 e. The molecule has 1 aliphatic heterocycles. The van der Waals surface area contributed by atoms with Gasteiger partial charge in [-0.3, -0.25) is 0 Å². The Morgan fingerprint density at radius 3 is 2.67 bits per heavy atom. The van der Waals surface area contributed by atoms with Gasteiger partial charge in [-0.2, -0.15) is 0 Å². The fraction of sp³-hybridized carbons (Fsp3) is 0.300. The maximum atomic E-state index is 10.4. The number of fused-ring (bicyclic) bond motifs is 1. The maximum Gasteiger partial charge on any atom is 0.185 e. The molecule has 2 aliphatic rings. The number of nitrogens with zero attached hydrogens (tertiary/aromatic N) is 5. The molecule has 1 aromatic carbocycles. The molecule has 5 rings (SSSR count). The minimum atomic E-state index is 0.116. The van der Waals surface area contributed by atoms with Crippen LogP contribution in [0.4, 0.5) is 0 Å². The van der Waals surface area contributed by atoms with Crippen LogP contribution in [0.1, 0.15) is 18.5 Å². The number of hydrogen-bond donors (Lipinski definition) is 2. The molecule has 2 aromatic heterocycles. The van der Waals surface area contributed by atoms with Crippen LogP contribution in [0.5, 0.6) is 5.75 Å². The van der Waals surface area contributed by atoms with Gasteiger partial charge < -0.3 is 15.0 Å². The van der Waals surface area contributed by atoms with Gasteiger partial charge in [-0.15, -0.1) is 10.2 Å². The molecule has 1 saturated carbocycles. The number of phenolic OH excluding ortho intramolecular Hbond substituents is 1. The molecule has 0 bridgehead atoms. The van der Waals surface area contributed by atoms with Gasteiger partial charge in [0.05, 0.1) is 23.8 Å². The topological polar surface area (TPSA) is 88.8 Å². The lowest BCUT2D eigenvalue weighted by molar-refractivity contribution is 0.476. The third-order valence-electron chi connectivity index (χ3n) is 5.48. The van der Waals surface area contributed by atoms with Gasteiger partial charge in [0.1, 0.15) is 11.4 Å². The highest BCUT2D eigenvalue weighted by Crippen LogP contribution is 2.38. The van der Waals surface area contributed by atoms with E-state index in [1.54, 1.807) is 30.9 Å². The highest BCUT2D eigenvalue weighted by Gasteiger charge is 2.33. The van der Waals surface area contributed by atoms with E-state index in [0.29, 0.717) is 11.4 Å². The number of allylic oxidation sites excluding steroid dienone is 1. The van der Waals surface area contributed by atoms with Crippen LogP contribution in [0.3, 0.4) is 0 Å². The Morgan fingerprint density at radius 1 is 1.15 bits per heavy atom. The van der Waals surface area contributed by atoms with Crippen LogP contribution in [-0.4, -0.2) is 42.9 Å². The highest BCUT2D eigenvalue weighted by atomic mass is 16.3. The van der Waals surface area contributed by atoms with E-state index in [-0.39, 0.29) is 5.75 Å². The molecule has 1 saturated heterocycles. The van der Waals surface area contributed by atoms with Crippen LogP contribution in [0.15, 0.2) is 48.7 Å². The van der Waals surface area contributed by atoms with Crippen molar-refractivity contribution in [3.63, 3.8) is 0 Å². The summed E-state index contributed by atoms with van der Waals surface area (Å²) in [6.07, 6.45) is 11.3. The van der Waals surface area contributed by atoms with E-state index in [1.807, 2.05) is 16.8 Å². The summed E-state index contributed by atoms with van der Waals surface area (Å²) in [5, 5.41) is 22.3. The molecule has 3 heterocycles. The van der Waals surface area contributed by atoms with E-state index in [0.717, 1.165) is 49.1 Å². The van der Waals surface area contributed by atoms with Crippen molar-refractivity contribution in [3.05, 3.63) is 54.4 Å². The molecular formula is C20H20N6O. The Morgan fingerprint density at radius 2 is 2.00 bits per heavy atom. The number of hydrogen-bond acceptors (Lipinski definition) is 6. The smallest absolute Gasteiger partial charge is 0.185 e. The van der Waals surface area contributed by atoms with Crippen LogP contribution in [0.25, 0.3) is 23.2 Å². The monoisotopic (exact) mass is 360 g/mol. The fourth-order valence-electron chi connectivity index (χ4n) is 4.10. The molecule has 2 N–H and O–H groups in total. The first kappa shape index (κ1) is 16.1. The lowest BCUT2D eigenvalue weighted by Gasteiger charge is -2.07. The molecule has 136 valence electrons. The maximum absolute atomic E-state index is 10.4. The number of rotatable bonds is 3. The average molecular weight is 360 g/mol. The Bertz CT molecular complexity index is 966. The lowest BCUT2D eigenvalue weighted by atomic mass is 10.0. The Hall–Kier alpha value is -3.06. The molecule has 3 aromatic rings. The van der Waals surface area contributed by atoms with Crippen LogP contribution in [0, 0.1) is 11.8 Å². The van der Waals surface area contributed by atoms with Crippen molar-refractivity contribution in [2.24, 2.45) is 11.8 Å². The van der Waals surface area contributed by atoms with Gasteiger partial charge >= 0.3 is 0 Å². The van der Waals surface area contributed by atoms with Crippen molar-refractivity contribution in [1.29, 1.82) is 0 Å². The van der Waals surface area contributed by atoms with Crippen molar-refractivity contribution < 1.29 is 5.11 Å². The summed E-state index contributed by atoms with van der Waals surface area (Å²) in [6, 6.07) is 5.36. The van der Waals surface area contributed by atoms with Crippen LogP contribution in [-0.2, 0) is 0 Å². The molecule has 0 spiro atoms. The van der Waals surface area contributed by atoms with Crippen molar-refractivity contribution in [3.8, 4) is 22.8 Å². The van der Waals surface area contributed by atoms with Crippen molar-refractivity contribution >= 4 is 6.08 Å². The summed E-state index contributed by atoms with van der Waals surface area (Å²) in [7, 11) is 0. The molecule has 27 heavy (non-hydrogen) atoms. The molecule has 0 unspecified atom stereocenters. The average Bonchev–Trinajstić information content (AvgIpc) is 3.40. The number of phenols is 1. The zero-order valence-corrected chi connectivity index (χ0v) is 14.8. The Labute approximate surface area is 156 Å². The van der Waals surface area contributed by atoms with Gasteiger partial charge in [0.2, 0.25) is 0 Å². The first-order chi connectivity index (χ1) is 13.3. The summed E-state index contributed by atoms with van der Waals surface area (Å²) in [5.74, 6) is 2.06. The van der Waals surface area contributed by atoms with Crippen LogP contribution in [0.2, 0.25) is 0 Å². The number of imidazole rings is 1. The second kappa shape index (κ2) is 6.59. The lowest BCUT2D eigenvalue weighted by Crippen LogP contribution is -2.09. The minimum absolute atomic E-state index is 0.116. The van der Waals surface area contributed by atoms with Gasteiger partial charge in [-0.25, -0.2) is 9.97 Å². The molecule has 1 aliphatic carbocycles. The zero-order chi connectivity index (χ0) is 18.2. The Kier molecular flexibility index (Phi) is 3.94. The number of benzene rings is 1. The van der Waals surface area contributed by atoms with E-state index < -0.39 is 0 Å². The molecule has 7 heteroatoms. The predicted molar refractivity (Wildman–Crippen MR) is 101 cm³/mol. The zero-order valence-electron chi connectivity index (χ0n) is 14.8. The van der Waals surface area contributed by atoms with E-state index in [9.17, 15) is 5.11 Å². The molecule has 2 fully saturated rings. The molecule has 0 radical (unpaired) electrons. The second-order valence-electron chi connectivity index (χ2n) is 7.27. The number of aromatic hydroxyl groups is 1. The van der Waals surface area contributed by atoms with E-state index in [1.165, 1.54) is 5.57 Å². The van der Waals surface area contributed by atoms with E-state index in [2.05, 4.69) is 31.6 Å². The minimum Gasteiger partial charge on any atom is -0.507 e. The number of aromatic nitrogens is 5. The molecular weight excluding hydrogens is 340 g/mol. The summed E-state index contributed by atoms with van der Waals surface area (Å²) in [6.45, 7) is 2.25.